The summed E-state index contributed by atoms with van der Waals surface area (Å²) in [6, 6.07) is 9.08. The van der Waals surface area contributed by atoms with E-state index in [1.165, 1.54) is 30.3 Å². The Labute approximate surface area is 152 Å². The molecule has 0 atom stereocenters. The van der Waals surface area contributed by atoms with E-state index in [1.807, 2.05) is 0 Å². The Bertz CT molecular complexity index is 887. The van der Waals surface area contributed by atoms with Gasteiger partial charge in [-0.2, -0.15) is 13.2 Å². The predicted octanol–water partition coefficient (Wildman–Crippen LogP) is 3.30. The first-order valence-electron chi connectivity index (χ1n) is 6.55. The number of alkyl halides is 3. The highest BCUT2D eigenvalue weighted by atomic mass is 35.5. The number of hydrazine groups is 1. The lowest BCUT2D eigenvalue weighted by Gasteiger charge is -2.24. The first-order valence-corrected chi connectivity index (χ1v) is 8.82. The molecule has 2 rings (SSSR count). The van der Waals surface area contributed by atoms with Gasteiger partial charge in [0.05, 0.1) is 16.1 Å². The Balaban J connectivity index is 2.39. The zero-order valence-electron chi connectivity index (χ0n) is 12.3. The molecule has 0 fully saturated rings. The molecule has 11 heteroatoms. The zero-order valence-corrected chi connectivity index (χ0v) is 14.7. The van der Waals surface area contributed by atoms with Gasteiger partial charge in [-0.15, -0.1) is 4.83 Å². The van der Waals surface area contributed by atoms with Gasteiger partial charge in [-0.3, -0.25) is 0 Å². The van der Waals surface area contributed by atoms with Crippen molar-refractivity contribution in [3.8, 4) is 0 Å². The molecular weight excluding hydrogens is 399 g/mol. The van der Waals surface area contributed by atoms with Gasteiger partial charge in [0.15, 0.2) is 5.11 Å². The van der Waals surface area contributed by atoms with Crippen LogP contribution < -0.4 is 15.6 Å². The van der Waals surface area contributed by atoms with Crippen LogP contribution in [0.2, 0.25) is 5.02 Å². The highest BCUT2D eigenvalue weighted by molar-refractivity contribution is 7.89. The van der Waals surface area contributed by atoms with Gasteiger partial charge < -0.3 is 5.73 Å². The molecule has 0 saturated carbocycles. The smallest absolute Gasteiger partial charge is 0.375 e. The van der Waals surface area contributed by atoms with E-state index in [-0.39, 0.29) is 10.6 Å². The number of rotatable bonds is 4. The van der Waals surface area contributed by atoms with Crippen LogP contribution in [0.25, 0.3) is 0 Å². The van der Waals surface area contributed by atoms with Crippen molar-refractivity contribution in [1.82, 2.24) is 4.83 Å². The van der Waals surface area contributed by atoms with E-state index in [0.29, 0.717) is 10.0 Å². The van der Waals surface area contributed by atoms with Crippen LogP contribution in [-0.4, -0.2) is 13.5 Å². The second-order valence-corrected chi connectivity index (χ2v) is 7.29. The molecule has 0 aliphatic rings. The SMILES string of the molecule is NC(=S)N(NS(=O)(=O)c1ccc(Cl)cc1)c1cccc(C(F)(F)F)c1. The number of thiocarbonyl (C=S) groups is 1. The maximum Gasteiger partial charge on any atom is 0.416 e. The van der Waals surface area contributed by atoms with Crippen molar-refractivity contribution in [2.75, 3.05) is 5.01 Å². The van der Waals surface area contributed by atoms with Gasteiger partial charge in [-0.1, -0.05) is 17.7 Å². The van der Waals surface area contributed by atoms with Gasteiger partial charge in [0.1, 0.15) is 0 Å². The lowest BCUT2D eigenvalue weighted by Crippen LogP contribution is -2.49. The molecule has 25 heavy (non-hydrogen) atoms. The van der Waals surface area contributed by atoms with Crippen molar-refractivity contribution in [1.29, 1.82) is 0 Å². The monoisotopic (exact) mass is 409 g/mol. The van der Waals surface area contributed by atoms with Crippen molar-refractivity contribution in [2.24, 2.45) is 5.73 Å². The number of hydrogen-bond donors (Lipinski definition) is 2. The molecule has 134 valence electrons. The quantitative estimate of drug-likeness (QED) is 0.598. The molecule has 2 aromatic rings. The van der Waals surface area contributed by atoms with E-state index in [0.717, 1.165) is 18.2 Å². The molecule has 2 aromatic carbocycles. The largest absolute Gasteiger partial charge is 0.416 e. The molecule has 0 bridgehead atoms. The van der Waals surface area contributed by atoms with Gasteiger partial charge in [0.2, 0.25) is 0 Å². The summed E-state index contributed by atoms with van der Waals surface area (Å²) in [5.74, 6) is 0. The Hall–Kier alpha value is -1.88. The fourth-order valence-corrected chi connectivity index (χ4v) is 3.21. The minimum absolute atomic E-state index is 0.162. The molecule has 3 N–H and O–H groups in total. The van der Waals surface area contributed by atoms with Crippen LogP contribution >= 0.6 is 23.8 Å². The van der Waals surface area contributed by atoms with E-state index in [9.17, 15) is 21.6 Å². The van der Waals surface area contributed by atoms with Crippen LogP contribution in [0.15, 0.2) is 53.4 Å². The third kappa shape index (κ3) is 4.82. The highest BCUT2D eigenvalue weighted by Crippen LogP contribution is 2.31. The van der Waals surface area contributed by atoms with Gasteiger partial charge in [0, 0.05) is 5.02 Å². The predicted molar refractivity (Wildman–Crippen MR) is 92.5 cm³/mol. The maximum atomic E-state index is 12.8. The summed E-state index contributed by atoms with van der Waals surface area (Å²) in [6.07, 6.45) is -4.60. The lowest BCUT2D eigenvalue weighted by molar-refractivity contribution is -0.137. The zero-order chi connectivity index (χ0) is 18.8. The van der Waals surface area contributed by atoms with Crippen molar-refractivity contribution >= 4 is 44.6 Å². The molecular formula is C14H11ClF3N3O2S2. The minimum Gasteiger partial charge on any atom is -0.375 e. The van der Waals surface area contributed by atoms with E-state index >= 15 is 0 Å². The fraction of sp³-hybridized carbons (Fsp3) is 0.0714. The Kier molecular flexibility index (Phi) is 5.57. The second kappa shape index (κ2) is 7.16. The Morgan fingerprint density at radius 1 is 1.16 bits per heavy atom. The fourth-order valence-electron chi connectivity index (χ4n) is 1.83. The minimum atomic E-state index is -4.60. The molecule has 0 radical (unpaired) electrons. The van der Waals surface area contributed by atoms with Crippen LogP contribution in [0, 0.1) is 0 Å². The number of hydrogen-bond acceptors (Lipinski definition) is 3. The summed E-state index contributed by atoms with van der Waals surface area (Å²) < 4.78 is 63.3. The van der Waals surface area contributed by atoms with Crippen LogP contribution in [0.3, 0.4) is 0 Å². The molecule has 0 aromatic heterocycles. The second-order valence-electron chi connectivity index (χ2n) is 4.77. The van der Waals surface area contributed by atoms with Gasteiger partial charge in [-0.25, -0.2) is 13.4 Å². The van der Waals surface area contributed by atoms with Crippen molar-refractivity contribution in [3.63, 3.8) is 0 Å². The molecule has 5 nitrogen and oxygen atoms in total. The molecule has 0 unspecified atom stereocenters. The average molecular weight is 410 g/mol. The number of nitrogens with zero attached hydrogens (tertiary/aromatic N) is 1. The number of benzene rings is 2. The van der Waals surface area contributed by atoms with Gasteiger partial charge >= 0.3 is 6.18 Å². The van der Waals surface area contributed by atoms with E-state index < -0.39 is 26.9 Å². The summed E-state index contributed by atoms with van der Waals surface area (Å²) >= 11 is 10.4. The van der Waals surface area contributed by atoms with Crippen LogP contribution in [0.5, 0.6) is 0 Å². The van der Waals surface area contributed by atoms with Gasteiger partial charge in [0.25, 0.3) is 10.0 Å². The van der Waals surface area contributed by atoms with E-state index in [2.05, 4.69) is 4.83 Å². The summed E-state index contributed by atoms with van der Waals surface area (Å²) in [4.78, 5) is 1.89. The first-order chi connectivity index (χ1) is 11.5. The van der Waals surface area contributed by atoms with Crippen LogP contribution in [0.4, 0.5) is 18.9 Å². The third-order valence-electron chi connectivity index (χ3n) is 2.99. The van der Waals surface area contributed by atoms with Crippen molar-refractivity contribution < 1.29 is 21.6 Å². The van der Waals surface area contributed by atoms with Crippen molar-refractivity contribution in [3.05, 3.63) is 59.1 Å². The lowest BCUT2D eigenvalue weighted by atomic mass is 10.2. The van der Waals surface area contributed by atoms with Gasteiger partial charge in [-0.05, 0) is 54.7 Å². The highest BCUT2D eigenvalue weighted by Gasteiger charge is 2.31. The topological polar surface area (TPSA) is 75.4 Å². The van der Waals surface area contributed by atoms with E-state index in [4.69, 9.17) is 29.6 Å². The molecule has 0 heterocycles. The molecule has 0 aliphatic carbocycles. The molecule has 0 amide bonds. The molecule has 0 saturated heterocycles. The molecule has 0 spiro atoms. The number of nitrogens with one attached hydrogen (secondary N) is 1. The summed E-state index contributed by atoms with van der Waals surface area (Å²) in [6.45, 7) is 0. The number of anilines is 1. The van der Waals surface area contributed by atoms with Crippen molar-refractivity contribution in [2.45, 2.75) is 11.1 Å². The Morgan fingerprint density at radius 3 is 2.28 bits per heavy atom. The normalized spacial score (nSPS) is 12.0. The summed E-state index contributed by atoms with van der Waals surface area (Å²) in [5.41, 5.74) is 4.31. The maximum absolute atomic E-state index is 12.8. The summed E-state index contributed by atoms with van der Waals surface area (Å²) in [5, 5.41) is 0.522. The van der Waals surface area contributed by atoms with Crippen LogP contribution in [0.1, 0.15) is 5.56 Å². The van der Waals surface area contributed by atoms with Crippen LogP contribution in [-0.2, 0) is 16.2 Å². The number of sulfonamides is 1. The molecule has 0 aliphatic heterocycles. The number of nitrogens with two attached hydrogens (primary N) is 1. The standard InChI is InChI=1S/C14H11ClF3N3O2S2/c15-10-4-6-12(7-5-10)25(22,23)20-21(13(19)24)11-3-1-2-9(8-11)14(16,17)18/h1-8,20H,(H2,19,24). The average Bonchev–Trinajstić information content (AvgIpc) is 2.52. The van der Waals surface area contributed by atoms with E-state index in [1.54, 1.807) is 0 Å². The summed E-state index contributed by atoms with van der Waals surface area (Å²) in [7, 11) is -4.15. The Morgan fingerprint density at radius 2 is 1.76 bits per heavy atom. The third-order valence-corrected chi connectivity index (χ3v) is 4.74. The first kappa shape index (κ1) is 19.4. The number of halogens is 4.